The molecule has 0 radical (unpaired) electrons. The Morgan fingerprint density at radius 3 is 2.88 bits per heavy atom. The summed E-state index contributed by atoms with van der Waals surface area (Å²) in [4.78, 5) is 18.0. The molecule has 2 aliphatic rings. The maximum Gasteiger partial charge on any atom is 0.230 e. The molecule has 1 aromatic rings. The Balaban J connectivity index is 1.86. The molecule has 1 fully saturated rings. The maximum atomic E-state index is 11.2. The smallest absolute Gasteiger partial charge is 0.230 e. The van der Waals surface area contributed by atoms with E-state index in [4.69, 9.17) is 0 Å². The van der Waals surface area contributed by atoms with Crippen molar-refractivity contribution in [3.63, 3.8) is 0 Å². The Hall–Kier alpha value is -1.62. The standard InChI is InChI=1S/C11H14N4O/c16-11-7-9-8(14-11)1-2-10(13-9)15-5-3-12-4-6-15/h1-2,12H,3-7H2,(H,14,16). The van der Waals surface area contributed by atoms with Crippen molar-refractivity contribution in [2.24, 2.45) is 0 Å². The van der Waals surface area contributed by atoms with Crippen LogP contribution in [0.2, 0.25) is 0 Å². The van der Waals surface area contributed by atoms with Gasteiger partial charge in [-0.1, -0.05) is 0 Å². The Morgan fingerprint density at radius 1 is 1.25 bits per heavy atom. The second kappa shape index (κ2) is 3.75. The lowest BCUT2D eigenvalue weighted by atomic mass is 10.2. The largest absolute Gasteiger partial charge is 0.354 e. The number of fused-ring (bicyclic) bond motifs is 1. The molecule has 2 aliphatic heterocycles. The number of anilines is 2. The van der Waals surface area contributed by atoms with Gasteiger partial charge in [-0.15, -0.1) is 0 Å². The number of amides is 1. The Morgan fingerprint density at radius 2 is 2.06 bits per heavy atom. The first-order valence-corrected chi connectivity index (χ1v) is 5.58. The van der Waals surface area contributed by atoms with Gasteiger partial charge in [-0.05, 0) is 12.1 Å². The number of nitrogens with zero attached hydrogens (tertiary/aromatic N) is 2. The first-order chi connectivity index (χ1) is 7.83. The molecule has 2 N–H and O–H groups in total. The summed E-state index contributed by atoms with van der Waals surface area (Å²) in [5.74, 6) is 1.02. The van der Waals surface area contributed by atoms with Gasteiger partial charge in [-0.3, -0.25) is 4.79 Å². The van der Waals surface area contributed by atoms with Crippen LogP contribution in [-0.4, -0.2) is 37.1 Å². The SMILES string of the molecule is O=C1Cc2nc(N3CCNCC3)ccc2N1. The van der Waals surface area contributed by atoms with Gasteiger partial charge >= 0.3 is 0 Å². The Labute approximate surface area is 93.9 Å². The van der Waals surface area contributed by atoms with Crippen LogP contribution < -0.4 is 15.5 Å². The molecule has 0 aliphatic carbocycles. The van der Waals surface area contributed by atoms with Crippen LogP contribution in [0.3, 0.4) is 0 Å². The summed E-state index contributed by atoms with van der Waals surface area (Å²) in [5, 5.41) is 6.10. The lowest BCUT2D eigenvalue weighted by Crippen LogP contribution is -2.43. The molecule has 0 spiro atoms. The van der Waals surface area contributed by atoms with E-state index in [9.17, 15) is 4.79 Å². The number of aromatic nitrogens is 1. The van der Waals surface area contributed by atoms with E-state index in [0.717, 1.165) is 43.4 Å². The second-order valence-corrected chi connectivity index (χ2v) is 4.13. The molecule has 84 valence electrons. The van der Waals surface area contributed by atoms with E-state index < -0.39 is 0 Å². The van der Waals surface area contributed by atoms with E-state index in [-0.39, 0.29) is 5.91 Å². The summed E-state index contributed by atoms with van der Waals surface area (Å²) in [5.41, 5.74) is 1.74. The lowest BCUT2D eigenvalue weighted by Gasteiger charge is -2.28. The van der Waals surface area contributed by atoms with Crippen LogP contribution in [0.4, 0.5) is 11.5 Å². The minimum absolute atomic E-state index is 0.0416. The van der Waals surface area contributed by atoms with Crippen molar-refractivity contribution in [1.29, 1.82) is 0 Å². The summed E-state index contributed by atoms with van der Waals surface area (Å²) in [6.45, 7) is 3.95. The van der Waals surface area contributed by atoms with E-state index in [1.54, 1.807) is 0 Å². The zero-order valence-corrected chi connectivity index (χ0v) is 8.99. The minimum atomic E-state index is 0.0416. The van der Waals surface area contributed by atoms with Crippen LogP contribution in [0.15, 0.2) is 12.1 Å². The van der Waals surface area contributed by atoms with E-state index in [1.807, 2.05) is 12.1 Å². The summed E-state index contributed by atoms with van der Waals surface area (Å²) in [7, 11) is 0. The van der Waals surface area contributed by atoms with Gasteiger partial charge in [0, 0.05) is 26.2 Å². The zero-order valence-electron chi connectivity index (χ0n) is 8.99. The van der Waals surface area contributed by atoms with Crippen molar-refractivity contribution >= 4 is 17.4 Å². The van der Waals surface area contributed by atoms with Gasteiger partial charge in [0.2, 0.25) is 5.91 Å². The van der Waals surface area contributed by atoms with E-state index >= 15 is 0 Å². The van der Waals surface area contributed by atoms with Gasteiger partial charge in [0.25, 0.3) is 0 Å². The predicted molar refractivity (Wildman–Crippen MR) is 61.7 cm³/mol. The highest BCUT2D eigenvalue weighted by atomic mass is 16.1. The molecule has 3 heterocycles. The molecule has 16 heavy (non-hydrogen) atoms. The number of rotatable bonds is 1. The van der Waals surface area contributed by atoms with Crippen molar-refractivity contribution in [1.82, 2.24) is 10.3 Å². The molecule has 1 amide bonds. The fourth-order valence-corrected chi connectivity index (χ4v) is 2.15. The Bertz CT molecular complexity index is 426. The van der Waals surface area contributed by atoms with Crippen LogP contribution >= 0.6 is 0 Å². The maximum absolute atomic E-state index is 11.2. The van der Waals surface area contributed by atoms with Gasteiger partial charge < -0.3 is 15.5 Å². The molecule has 3 rings (SSSR count). The van der Waals surface area contributed by atoms with Crippen LogP contribution in [-0.2, 0) is 11.2 Å². The lowest BCUT2D eigenvalue weighted by molar-refractivity contribution is -0.115. The highest BCUT2D eigenvalue weighted by Crippen LogP contribution is 2.24. The molecular formula is C11H14N4O. The zero-order chi connectivity index (χ0) is 11.0. The third kappa shape index (κ3) is 1.63. The van der Waals surface area contributed by atoms with Crippen LogP contribution in [0.1, 0.15) is 5.69 Å². The normalized spacial score (nSPS) is 19.5. The number of nitrogens with one attached hydrogen (secondary N) is 2. The third-order valence-corrected chi connectivity index (χ3v) is 3.00. The third-order valence-electron chi connectivity index (χ3n) is 3.00. The second-order valence-electron chi connectivity index (χ2n) is 4.13. The molecule has 5 heteroatoms. The van der Waals surface area contributed by atoms with Crippen LogP contribution in [0.25, 0.3) is 0 Å². The molecule has 0 atom stereocenters. The summed E-state index contributed by atoms with van der Waals surface area (Å²) in [6, 6.07) is 3.93. The van der Waals surface area contributed by atoms with Crippen molar-refractivity contribution < 1.29 is 4.79 Å². The van der Waals surface area contributed by atoms with Gasteiger partial charge in [-0.2, -0.15) is 0 Å². The van der Waals surface area contributed by atoms with Gasteiger partial charge in [0.1, 0.15) is 5.82 Å². The van der Waals surface area contributed by atoms with Gasteiger partial charge in [0.15, 0.2) is 0 Å². The van der Waals surface area contributed by atoms with Crippen molar-refractivity contribution in [2.45, 2.75) is 6.42 Å². The van der Waals surface area contributed by atoms with Crippen LogP contribution in [0, 0.1) is 0 Å². The average Bonchev–Trinajstić information content (AvgIpc) is 2.69. The topological polar surface area (TPSA) is 57.3 Å². The molecule has 0 saturated carbocycles. The summed E-state index contributed by atoms with van der Waals surface area (Å²) in [6.07, 6.45) is 0.412. The quantitative estimate of drug-likeness (QED) is 0.696. The first kappa shape index (κ1) is 9.59. The molecule has 0 unspecified atom stereocenters. The highest BCUT2D eigenvalue weighted by molar-refractivity contribution is 5.98. The molecule has 0 bridgehead atoms. The highest BCUT2D eigenvalue weighted by Gasteiger charge is 2.20. The van der Waals surface area contributed by atoms with Crippen molar-refractivity contribution in [3.8, 4) is 0 Å². The molecule has 1 aromatic heterocycles. The number of pyridine rings is 1. The fraction of sp³-hybridized carbons (Fsp3) is 0.455. The monoisotopic (exact) mass is 218 g/mol. The average molecular weight is 218 g/mol. The number of carbonyl (C=O) groups excluding carboxylic acids is 1. The van der Waals surface area contributed by atoms with E-state index in [0.29, 0.717) is 6.42 Å². The number of hydrogen-bond acceptors (Lipinski definition) is 4. The summed E-state index contributed by atoms with van der Waals surface area (Å²) >= 11 is 0. The van der Waals surface area contributed by atoms with Crippen LogP contribution in [0.5, 0.6) is 0 Å². The fourth-order valence-electron chi connectivity index (χ4n) is 2.15. The van der Waals surface area contributed by atoms with Gasteiger partial charge in [-0.25, -0.2) is 4.98 Å². The Kier molecular flexibility index (Phi) is 2.25. The molecule has 0 aromatic carbocycles. The molecule has 5 nitrogen and oxygen atoms in total. The summed E-state index contributed by atoms with van der Waals surface area (Å²) < 4.78 is 0. The number of hydrogen-bond donors (Lipinski definition) is 2. The first-order valence-electron chi connectivity index (χ1n) is 5.58. The minimum Gasteiger partial charge on any atom is -0.354 e. The van der Waals surface area contributed by atoms with Crippen molar-refractivity contribution in [3.05, 3.63) is 17.8 Å². The number of piperazine rings is 1. The van der Waals surface area contributed by atoms with Gasteiger partial charge in [0.05, 0.1) is 17.8 Å². The van der Waals surface area contributed by atoms with E-state index in [1.165, 1.54) is 0 Å². The van der Waals surface area contributed by atoms with Crippen molar-refractivity contribution in [2.75, 3.05) is 36.4 Å². The molecule has 1 saturated heterocycles. The predicted octanol–water partition coefficient (Wildman–Crippen LogP) is -0.0142. The van der Waals surface area contributed by atoms with E-state index in [2.05, 4.69) is 20.5 Å². The molecular weight excluding hydrogens is 204 g/mol. The number of carbonyl (C=O) groups is 1.